The van der Waals surface area contributed by atoms with Crippen LogP contribution in [-0.4, -0.2) is 47.7 Å². The Morgan fingerprint density at radius 3 is 2.80 bits per heavy atom. The van der Waals surface area contributed by atoms with Crippen molar-refractivity contribution >= 4 is 49.9 Å². The van der Waals surface area contributed by atoms with Crippen LogP contribution >= 0.6 is 11.3 Å². The van der Waals surface area contributed by atoms with Gasteiger partial charge in [-0.15, -0.1) is 0 Å². The molecular formula is C17H19N5O2S. The van der Waals surface area contributed by atoms with Gasteiger partial charge in [0.05, 0.1) is 10.2 Å². The van der Waals surface area contributed by atoms with Crippen LogP contribution in [0.2, 0.25) is 0 Å². The summed E-state index contributed by atoms with van der Waals surface area (Å²) in [5, 5.41) is 9.20. The smallest absolute Gasteiger partial charge is 0.271 e. The molecule has 25 heavy (non-hydrogen) atoms. The molecule has 2 aliphatic heterocycles. The van der Waals surface area contributed by atoms with Crippen molar-refractivity contribution in [2.45, 2.75) is 25.7 Å². The molecule has 0 bridgehead atoms. The van der Waals surface area contributed by atoms with Gasteiger partial charge in [0.2, 0.25) is 5.91 Å². The van der Waals surface area contributed by atoms with Gasteiger partial charge in [-0.1, -0.05) is 11.3 Å². The molecule has 8 heteroatoms. The maximum Gasteiger partial charge on any atom is 0.271 e. The maximum atomic E-state index is 12.4. The van der Waals surface area contributed by atoms with E-state index in [2.05, 4.69) is 20.3 Å². The molecule has 7 nitrogen and oxygen atoms in total. The van der Waals surface area contributed by atoms with Crippen molar-refractivity contribution in [3.05, 3.63) is 18.2 Å². The topological polar surface area (TPSA) is 77.9 Å². The van der Waals surface area contributed by atoms with E-state index in [0.717, 1.165) is 34.1 Å². The molecule has 2 aromatic rings. The largest absolute Gasteiger partial charge is 0.348 e. The van der Waals surface area contributed by atoms with Crippen molar-refractivity contribution in [2.75, 3.05) is 30.4 Å². The fraction of sp³-hybridized carbons (Fsp3) is 0.412. The number of nitrogens with one attached hydrogen (secondary N) is 1. The number of fused-ring (bicyclic) bond motifs is 1. The van der Waals surface area contributed by atoms with E-state index in [4.69, 9.17) is 0 Å². The Bertz CT molecular complexity index is 869. The minimum atomic E-state index is -0.261. The minimum Gasteiger partial charge on any atom is -0.348 e. The summed E-state index contributed by atoms with van der Waals surface area (Å²) < 4.78 is 1.05. The van der Waals surface area contributed by atoms with Gasteiger partial charge >= 0.3 is 0 Å². The van der Waals surface area contributed by atoms with Gasteiger partial charge < -0.3 is 10.2 Å². The van der Waals surface area contributed by atoms with Crippen LogP contribution in [0.1, 0.15) is 25.7 Å². The highest BCUT2D eigenvalue weighted by Crippen LogP contribution is 2.32. The summed E-state index contributed by atoms with van der Waals surface area (Å²) in [6, 6.07) is 5.73. The number of hydrogen-bond donors (Lipinski definition) is 1. The first-order valence-electron chi connectivity index (χ1n) is 8.41. The van der Waals surface area contributed by atoms with E-state index in [9.17, 15) is 9.59 Å². The molecule has 0 aliphatic carbocycles. The van der Waals surface area contributed by atoms with Gasteiger partial charge in [-0.3, -0.25) is 9.59 Å². The van der Waals surface area contributed by atoms with Crippen LogP contribution < -0.4 is 10.2 Å². The lowest BCUT2D eigenvalue weighted by Crippen LogP contribution is -2.34. The van der Waals surface area contributed by atoms with Crippen molar-refractivity contribution in [2.24, 2.45) is 5.10 Å². The first-order valence-corrected chi connectivity index (χ1v) is 9.23. The van der Waals surface area contributed by atoms with Crippen molar-refractivity contribution in [1.29, 1.82) is 0 Å². The number of carbonyl (C=O) groups excluding carboxylic acids is 2. The van der Waals surface area contributed by atoms with Crippen LogP contribution in [0.5, 0.6) is 0 Å². The van der Waals surface area contributed by atoms with Gasteiger partial charge in [0.25, 0.3) is 5.91 Å². The van der Waals surface area contributed by atoms with Gasteiger partial charge in [0.1, 0.15) is 5.71 Å². The molecule has 0 saturated carbocycles. The molecule has 1 saturated heterocycles. The first-order chi connectivity index (χ1) is 12.1. The van der Waals surface area contributed by atoms with Crippen LogP contribution in [0.3, 0.4) is 0 Å². The van der Waals surface area contributed by atoms with Gasteiger partial charge in [-0.25, -0.2) is 9.99 Å². The third-order valence-corrected chi connectivity index (χ3v) is 5.56. The summed E-state index contributed by atoms with van der Waals surface area (Å²) in [6.07, 6.45) is 3.12. The lowest BCUT2D eigenvalue weighted by atomic mass is 10.1. The minimum absolute atomic E-state index is 0.0722. The Morgan fingerprint density at radius 2 is 2.04 bits per heavy atom. The van der Waals surface area contributed by atoms with E-state index in [1.54, 1.807) is 18.4 Å². The fourth-order valence-corrected chi connectivity index (χ4v) is 4.13. The molecule has 1 fully saturated rings. The zero-order valence-corrected chi connectivity index (χ0v) is 14.8. The van der Waals surface area contributed by atoms with Crippen molar-refractivity contribution in [3.8, 4) is 0 Å². The fourth-order valence-electron chi connectivity index (χ4n) is 3.07. The average molecular weight is 357 g/mol. The molecule has 4 rings (SSSR count). The number of hydrogen-bond acceptors (Lipinski definition) is 6. The number of amides is 2. The van der Waals surface area contributed by atoms with Crippen LogP contribution in [0, 0.1) is 0 Å². The second-order valence-corrected chi connectivity index (χ2v) is 7.30. The van der Waals surface area contributed by atoms with Crippen LogP contribution in [-0.2, 0) is 9.59 Å². The zero-order chi connectivity index (χ0) is 17.4. The number of carbonyl (C=O) groups is 2. The number of anilines is 2. The molecule has 1 aromatic carbocycles. The molecule has 2 aliphatic rings. The van der Waals surface area contributed by atoms with Gasteiger partial charge in [0.15, 0.2) is 5.13 Å². The highest BCUT2D eigenvalue weighted by Gasteiger charge is 2.22. The zero-order valence-electron chi connectivity index (χ0n) is 14.0. The Kier molecular flexibility index (Phi) is 4.12. The third kappa shape index (κ3) is 3.21. The SMILES string of the molecule is CN1N=C(C(=O)Nc2ccc3nc(N4CCCC4)sc3c2)CCC1=O. The summed E-state index contributed by atoms with van der Waals surface area (Å²) in [4.78, 5) is 30.8. The highest BCUT2D eigenvalue weighted by atomic mass is 32.1. The monoisotopic (exact) mass is 357 g/mol. The van der Waals surface area contributed by atoms with Crippen molar-refractivity contribution < 1.29 is 9.59 Å². The number of benzene rings is 1. The summed E-state index contributed by atoms with van der Waals surface area (Å²) in [6.45, 7) is 2.13. The summed E-state index contributed by atoms with van der Waals surface area (Å²) >= 11 is 1.65. The van der Waals surface area contributed by atoms with Gasteiger partial charge in [0, 0.05) is 38.7 Å². The first kappa shape index (κ1) is 16.0. The standard InChI is InChI=1S/C17H19N5O2S/c1-21-15(23)7-6-13(20-21)16(24)18-11-4-5-12-14(10-11)25-17(19-12)22-8-2-3-9-22/h4-5,10H,2-3,6-9H2,1H3,(H,18,24). The van der Waals surface area contributed by atoms with Crippen LogP contribution in [0.4, 0.5) is 10.8 Å². The quantitative estimate of drug-likeness (QED) is 0.915. The lowest BCUT2D eigenvalue weighted by Gasteiger charge is -2.18. The molecular weight excluding hydrogens is 338 g/mol. The van der Waals surface area contributed by atoms with Crippen molar-refractivity contribution in [1.82, 2.24) is 9.99 Å². The summed E-state index contributed by atoms with van der Waals surface area (Å²) in [5.41, 5.74) is 2.05. The Hall–Kier alpha value is -2.48. The summed E-state index contributed by atoms with van der Waals surface area (Å²) in [7, 11) is 1.57. The number of rotatable bonds is 3. The molecule has 3 heterocycles. The van der Waals surface area contributed by atoms with Crippen LogP contribution in [0.25, 0.3) is 10.2 Å². The van der Waals surface area contributed by atoms with Crippen molar-refractivity contribution in [3.63, 3.8) is 0 Å². The van der Waals surface area contributed by atoms with E-state index in [-0.39, 0.29) is 11.8 Å². The number of nitrogens with zero attached hydrogens (tertiary/aromatic N) is 4. The maximum absolute atomic E-state index is 12.4. The predicted molar refractivity (Wildman–Crippen MR) is 99.1 cm³/mol. The van der Waals surface area contributed by atoms with E-state index < -0.39 is 0 Å². The molecule has 0 atom stereocenters. The average Bonchev–Trinajstić information content (AvgIpc) is 3.25. The Morgan fingerprint density at radius 1 is 1.24 bits per heavy atom. The van der Waals surface area contributed by atoms with E-state index in [1.807, 2.05) is 18.2 Å². The van der Waals surface area contributed by atoms with E-state index in [1.165, 1.54) is 17.9 Å². The molecule has 0 radical (unpaired) electrons. The third-order valence-electron chi connectivity index (χ3n) is 4.48. The van der Waals surface area contributed by atoms with Gasteiger partial charge in [-0.2, -0.15) is 5.10 Å². The van der Waals surface area contributed by atoms with Crippen LogP contribution in [0.15, 0.2) is 23.3 Å². The second kappa shape index (κ2) is 6.44. The molecule has 1 N–H and O–H groups in total. The Labute approximate surface area is 149 Å². The second-order valence-electron chi connectivity index (χ2n) is 6.29. The molecule has 0 unspecified atom stereocenters. The predicted octanol–water partition coefficient (Wildman–Crippen LogP) is 2.44. The number of thiazole rings is 1. The number of hydrazone groups is 1. The normalized spacial score (nSPS) is 18.0. The molecule has 2 amide bonds. The molecule has 130 valence electrons. The lowest BCUT2D eigenvalue weighted by molar-refractivity contribution is -0.130. The van der Waals surface area contributed by atoms with Gasteiger partial charge in [-0.05, 0) is 31.0 Å². The highest BCUT2D eigenvalue weighted by molar-refractivity contribution is 7.22. The Balaban J connectivity index is 1.52. The van der Waals surface area contributed by atoms with E-state index >= 15 is 0 Å². The number of aromatic nitrogens is 1. The molecule has 0 spiro atoms. The summed E-state index contributed by atoms with van der Waals surface area (Å²) in [5.74, 6) is -0.333. The van der Waals surface area contributed by atoms with E-state index in [0.29, 0.717) is 18.6 Å². The molecule has 1 aromatic heterocycles.